The van der Waals surface area contributed by atoms with E-state index in [1.165, 1.54) is 0 Å². The van der Waals surface area contributed by atoms with E-state index in [-0.39, 0.29) is 18.2 Å². The standard InChI is InChI=1S/C17H21NO3/c1-12-7-5-6-10-14(12)15(11-16(19)20)18-17(21)13-8-3-2-4-9-13/h2-3,5-7,10,13,15H,4,8-9,11H2,1H3,(H,18,21)(H,19,20)/t13-,15+/m0/s1. The molecule has 0 bridgehead atoms. The minimum atomic E-state index is -0.910. The zero-order chi connectivity index (χ0) is 15.2. The van der Waals surface area contributed by atoms with Gasteiger partial charge in [0.1, 0.15) is 0 Å². The molecular weight excluding hydrogens is 266 g/mol. The molecule has 1 aliphatic rings. The topological polar surface area (TPSA) is 66.4 Å². The Labute approximate surface area is 124 Å². The van der Waals surface area contributed by atoms with Crippen molar-refractivity contribution in [1.82, 2.24) is 5.32 Å². The first-order chi connectivity index (χ1) is 10.1. The molecule has 2 atom stereocenters. The number of rotatable bonds is 5. The monoisotopic (exact) mass is 287 g/mol. The van der Waals surface area contributed by atoms with Crippen molar-refractivity contribution in [3.05, 3.63) is 47.5 Å². The lowest BCUT2D eigenvalue weighted by molar-refractivity contribution is -0.138. The first-order valence-corrected chi connectivity index (χ1v) is 7.30. The van der Waals surface area contributed by atoms with Gasteiger partial charge in [0.05, 0.1) is 12.5 Å². The van der Waals surface area contributed by atoms with E-state index in [0.717, 1.165) is 30.4 Å². The molecule has 1 aromatic rings. The predicted octanol–water partition coefficient (Wildman–Crippen LogP) is 2.98. The van der Waals surface area contributed by atoms with Crippen molar-refractivity contribution < 1.29 is 14.7 Å². The molecule has 2 rings (SSSR count). The number of aryl methyl sites for hydroxylation is 1. The van der Waals surface area contributed by atoms with E-state index in [4.69, 9.17) is 5.11 Å². The zero-order valence-corrected chi connectivity index (χ0v) is 12.2. The zero-order valence-electron chi connectivity index (χ0n) is 12.2. The van der Waals surface area contributed by atoms with Crippen LogP contribution in [-0.4, -0.2) is 17.0 Å². The number of hydrogen-bond donors (Lipinski definition) is 2. The lowest BCUT2D eigenvalue weighted by Crippen LogP contribution is -2.35. The highest BCUT2D eigenvalue weighted by molar-refractivity contribution is 5.80. The summed E-state index contributed by atoms with van der Waals surface area (Å²) >= 11 is 0. The third-order valence-corrected chi connectivity index (χ3v) is 3.90. The molecule has 1 aromatic carbocycles. The van der Waals surface area contributed by atoms with Gasteiger partial charge in [-0.15, -0.1) is 0 Å². The number of carboxylic acid groups (broad SMARTS) is 1. The first-order valence-electron chi connectivity index (χ1n) is 7.30. The molecule has 1 aliphatic carbocycles. The molecular formula is C17H21NO3. The Kier molecular flexibility index (Phi) is 5.14. The fraction of sp³-hybridized carbons (Fsp3) is 0.412. The SMILES string of the molecule is Cc1ccccc1[C@@H](CC(=O)O)NC(=O)[C@H]1CC=CCC1. The van der Waals surface area contributed by atoms with Crippen molar-refractivity contribution in [2.75, 3.05) is 0 Å². The van der Waals surface area contributed by atoms with Gasteiger partial charge in [0.15, 0.2) is 0 Å². The molecule has 2 N–H and O–H groups in total. The highest BCUT2D eigenvalue weighted by Gasteiger charge is 2.24. The molecule has 0 fully saturated rings. The largest absolute Gasteiger partial charge is 0.481 e. The van der Waals surface area contributed by atoms with Crippen molar-refractivity contribution in [1.29, 1.82) is 0 Å². The molecule has 0 radical (unpaired) electrons. The number of hydrogen-bond acceptors (Lipinski definition) is 2. The van der Waals surface area contributed by atoms with Crippen molar-refractivity contribution in [3.63, 3.8) is 0 Å². The van der Waals surface area contributed by atoms with Crippen LogP contribution >= 0.6 is 0 Å². The second-order valence-electron chi connectivity index (χ2n) is 5.50. The average Bonchev–Trinajstić information content (AvgIpc) is 2.47. The molecule has 0 saturated carbocycles. The summed E-state index contributed by atoms with van der Waals surface area (Å²) in [6.45, 7) is 1.93. The summed E-state index contributed by atoms with van der Waals surface area (Å²) in [7, 11) is 0. The molecule has 4 nitrogen and oxygen atoms in total. The second kappa shape index (κ2) is 7.07. The van der Waals surface area contributed by atoms with Crippen LogP contribution in [0.5, 0.6) is 0 Å². The molecule has 0 aromatic heterocycles. The Morgan fingerprint density at radius 3 is 2.71 bits per heavy atom. The van der Waals surface area contributed by atoms with Gasteiger partial charge in [-0.3, -0.25) is 9.59 Å². The smallest absolute Gasteiger partial charge is 0.305 e. The minimum Gasteiger partial charge on any atom is -0.481 e. The summed E-state index contributed by atoms with van der Waals surface area (Å²) in [5.74, 6) is -1.00. The summed E-state index contributed by atoms with van der Waals surface area (Å²) < 4.78 is 0. The molecule has 21 heavy (non-hydrogen) atoms. The molecule has 0 saturated heterocycles. The lowest BCUT2D eigenvalue weighted by Gasteiger charge is -2.23. The number of allylic oxidation sites excluding steroid dienone is 2. The van der Waals surface area contributed by atoms with Crippen LogP contribution in [-0.2, 0) is 9.59 Å². The molecule has 1 amide bonds. The number of carbonyl (C=O) groups excluding carboxylic acids is 1. The quantitative estimate of drug-likeness (QED) is 0.818. The summed E-state index contributed by atoms with van der Waals surface area (Å²) in [4.78, 5) is 23.4. The van der Waals surface area contributed by atoms with Gasteiger partial charge < -0.3 is 10.4 Å². The molecule has 0 heterocycles. The van der Waals surface area contributed by atoms with Crippen LogP contribution in [0.3, 0.4) is 0 Å². The van der Waals surface area contributed by atoms with Crippen molar-refractivity contribution in [3.8, 4) is 0 Å². The number of carbonyl (C=O) groups is 2. The maximum absolute atomic E-state index is 12.3. The molecule has 112 valence electrons. The maximum atomic E-state index is 12.3. The highest BCUT2D eigenvalue weighted by atomic mass is 16.4. The normalized spacial score (nSPS) is 19.0. The Morgan fingerprint density at radius 1 is 1.33 bits per heavy atom. The van der Waals surface area contributed by atoms with Gasteiger partial charge in [-0.1, -0.05) is 36.4 Å². The van der Waals surface area contributed by atoms with E-state index in [2.05, 4.69) is 11.4 Å². The Balaban J connectivity index is 2.13. The fourth-order valence-electron chi connectivity index (χ4n) is 2.71. The van der Waals surface area contributed by atoms with E-state index >= 15 is 0 Å². The number of nitrogens with one attached hydrogen (secondary N) is 1. The van der Waals surface area contributed by atoms with Crippen molar-refractivity contribution in [2.45, 2.75) is 38.6 Å². The first kappa shape index (κ1) is 15.3. The summed E-state index contributed by atoms with van der Waals surface area (Å²) in [6.07, 6.45) is 6.48. The summed E-state index contributed by atoms with van der Waals surface area (Å²) in [5.41, 5.74) is 1.87. The average molecular weight is 287 g/mol. The Morgan fingerprint density at radius 2 is 2.10 bits per heavy atom. The Hall–Kier alpha value is -2.10. The minimum absolute atomic E-state index is 0.0460. The van der Waals surface area contributed by atoms with Crippen LogP contribution in [0.4, 0.5) is 0 Å². The predicted molar refractivity (Wildman–Crippen MR) is 80.8 cm³/mol. The third kappa shape index (κ3) is 4.18. The van der Waals surface area contributed by atoms with Gasteiger partial charge in [0.25, 0.3) is 0 Å². The van der Waals surface area contributed by atoms with Crippen LogP contribution in [0.1, 0.15) is 42.9 Å². The van der Waals surface area contributed by atoms with E-state index in [1.807, 2.05) is 37.3 Å². The van der Waals surface area contributed by atoms with Gasteiger partial charge in [0, 0.05) is 5.92 Å². The van der Waals surface area contributed by atoms with Crippen LogP contribution in [0, 0.1) is 12.8 Å². The number of aliphatic carboxylic acids is 1. The van der Waals surface area contributed by atoms with E-state index in [0.29, 0.717) is 0 Å². The Bertz CT molecular complexity index is 551. The van der Waals surface area contributed by atoms with Gasteiger partial charge in [-0.2, -0.15) is 0 Å². The van der Waals surface area contributed by atoms with E-state index in [9.17, 15) is 9.59 Å². The summed E-state index contributed by atoms with van der Waals surface area (Å²) in [6, 6.07) is 7.11. The van der Waals surface area contributed by atoms with Gasteiger partial charge >= 0.3 is 5.97 Å². The van der Waals surface area contributed by atoms with E-state index < -0.39 is 12.0 Å². The van der Waals surface area contributed by atoms with Crippen LogP contribution < -0.4 is 5.32 Å². The molecule has 0 aliphatic heterocycles. The van der Waals surface area contributed by atoms with Crippen LogP contribution in [0.2, 0.25) is 0 Å². The number of benzene rings is 1. The van der Waals surface area contributed by atoms with Gasteiger partial charge in [0.2, 0.25) is 5.91 Å². The molecule has 0 spiro atoms. The van der Waals surface area contributed by atoms with Crippen molar-refractivity contribution in [2.24, 2.45) is 5.92 Å². The van der Waals surface area contributed by atoms with Gasteiger partial charge in [-0.05, 0) is 37.3 Å². The van der Waals surface area contributed by atoms with Gasteiger partial charge in [-0.25, -0.2) is 0 Å². The third-order valence-electron chi connectivity index (χ3n) is 3.90. The van der Waals surface area contributed by atoms with E-state index in [1.54, 1.807) is 0 Å². The number of amides is 1. The summed E-state index contributed by atoms with van der Waals surface area (Å²) in [5, 5.41) is 12.0. The maximum Gasteiger partial charge on any atom is 0.305 e. The molecule has 4 heteroatoms. The fourth-order valence-corrected chi connectivity index (χ4v) is 2.71. The molecule has 0 unspecified atom stereocenters. The number of carboxylic acids is 1. The van der Waals surface area contributed by atoms with Crippen molar-refractivity contribution >= 4 is 11.9 Å². The highest BCUT2D eigenvalue weighted by Crippen LogP contribution is 2.24. The second-order valence-corrected chi connectivity index (χ2v) is 5.50. The van der Waals surface area contributed by atoms with Crippen LogP contribution in [0.25, 0.3) is 0 Å². The van der Waals surface area contributed by atoms with Crippen LogP contribution in [0.15, 0.2) is 36.4 Å². The lowest BCUT2D eigenvalue weighted by atomic mass is 9.92.